The van der Waals surface area contributed by atoms with Crippen LogP contribution in [-0.4, -0.2) is 48.3 Å². The predicted octanol–water partition coefficient (Wildman–Crippen LogP) is 12.6. The quantitative estimate of drug-likeness (QED) is 0.0544. The van der Waals surface area contributed by atoms with E-state index in [4.69, 9.17) is 4.74 Å². The van der Waals surface area contributed by atoms with E-state index in [0.717, 1.165) is 57.7 Å². The molecule has 0 aromatic carbocycles. The van der Waals surface area contributed by atoms with Gasteiger partial charge in [-0.3, -0.25) is 4.79 Å². The first-order valence-electron chi connectivity index (χ1n) is 20.6. The molecule has 0 saturated carbocycles. The molecule has 0 amide bonds. The Balaban J connectivity index is 4.15. The van der Waals surface area contributed by atoms with Gasteiger partial charge in [0.1, 0.15) is 6.10 Å². The van der Waals surface area contributed by atoms with Gasteiger partial charge in [-0.15, -0.1) is 0 Å². The second-order valence-corrected chi connectivity index (χ2v) is 14.3. The lowest BCUT2D eigenvalue weighted by Gasteiger charge is -2.22. The monoisotopic (exact) mass is 638 g/mol. The highest BCUT2D eigenvalue weighted by atomic mass is 16.5. The van der Waals surface area contributed by atoms with Gasteiger partial charge in [0.05, 0.1) is 6.61 Å². The van der Waals surface area contributed by atoms with Gasteiger partial charge in [0.2, 0.25) is 0 Å². The molecule has 4 heteroatoms. The van der Waals surface area contributed by atoms with Gasteiger partial charge >= 0.3 is 5.97 Å². The van der Waals surface area contributed by atoms with Gasteiger partial charge in [0.15, 0.2) is 0 Å². The van der Waals surface area contributed by atoms with Crippen molar-refractivity contribution in [2.24, 2.45) is 5.92 Å². The number of esters is 1. The van der Waals surface area contributed by atoms with E-state index in [0.29, 0.717) is 6.42 Å². The molecule has 0 saturated heterocycles. The topological polar surface area (TPSA) is 49.8 Å². The van der Waals surface area contributed by atoms with Gasteiger partial charge in [-0.05, 0) is 57.5 Å². The zero-order chi connectivity index (χ0) is 33.1. The highest BCUT2D eigenvalue weighted by Crippen LogP contribution is 2.24. The zero-order valence-corrected chi connectivity index (χ0v) is 31.4. The molecule has 0 heterocycles. The minimum atomic E-state index is -0.00802. The van der Waals surface area contributed by atoms with Crippen molar-refractivity contribution in [2.45, 2.75) is 226 Å². The third-order valence-electron chi connectivity index (χ3n) is 9.92. The number of rotatable bonds is 37. The maximum absolute atomic E-state index is 12.4. The van der Waals surface area contributed by atoms with Crippen LogP contribution >= 0.6 is 0 Å². The number of hydrogen-bond donors (Lipinski definition) is 1. The number of carbonyl (C=O) groups excluding carboxylic acids is 1. The average molecular weight is 638 g/mol. The zero-order valence-electron chi connectivity index (χ0n) is 31.4. The molecular formula is C41H83NO3. The third-order valence-corrected chi connectivity index (χ3v) is 9.92. The summed E-state index contributed by atoms with van der Waals surface area (Å²) < 4.78 is 5.79. The second-order valence-electron chi connectivity index (χ2n) is 14.3. The van der Waals surface area contributed by atoms with Crippen LogP contribution in [0.4, 0.5) is 0 Å². The van der Waals surface area contributed by atoms with Crippen molar-refractivity contribution in [1.82, 2.24) is 4.90 Å². The standard InChI is InChI=1S/C41H83NO3/c1-5-9-12-15-18-23-30-39(31-24-19-16-13-10-6-2)32-25-21-28-35-42(37-38-43)36-29-22-27-34-41(44)45-40(8-4)33-26-20-17-14-11-7-3/h39-40,43H,5-38H2,1-4H3. The van der Waals surface area contributed by atoms with Crippen LogP contribution in [0.25, 0.3) is 0 Å². The third kappa shape index (κ3) is 31.7. The van der Waals surface area contributed by atoms with E-state index in [2.05, 4.69) is 32.6 Å². The molecule has 0 spiro atoms. The largest absolute Gasteiger partial charge is 0.462 e. The van der Waals surface area contributed by atoms with Crippen LogP contribution in [0.1, 0.15) is 220 Å². The Bertz CT molecular complexity index is 567. The van der Waals surface area contributed by atoms with Gasteiger partial charge in [-0.25, -0.2) is 0 Å². The smallest absolute Gasteiger partial charge is 0.306 e. The van der Waals surface area contributed by atoms with Crippen LogP contribution in [0.15, 0.2) is 0 Å². The molecule has 0 aromatic heterocycles. The molecule has 0 aliphatic carbocycles. The number of nitrogens with zero attached hydrogens (tertiary/aromatic N) is 1. The SMILES string of the molecule is CCCCCCCCC(CCCCCCCC)CCCCCN(CCO)CCCCCC(=O)OC(CC)CCCCCCCC. The molecular weight excluding hydrogens is 554 g/mol. The number of carbonyl (C=O) groups is 1. The fourth-order valence-corrected chi connectivity index (χ4v) is 6.81. The van der Waals surface area contributed by atoms with Crippen molar-refractivity contribution < 1.29 is 14.6 Å². The first-order valence-corrected chi connectivity index (χ1v) is 20.6. The molecule has 0 aliphatic rings. The molecule has 1 N–H and O–H groups in total. The first kappa shape index (κ1) is 44.4. The second kappa shape index (κ2) is 36.2. The Labute approximate surface area is 283 Å². The predicted molar refractivity (Wildman–Crippen MR) is 198 cm³/mol. The number of ether oxygens (including phenoxy) is 1. The van der Waals surface area contributed by atoms with E-state index >= 15 is 0 Å². The molecule has 0 fully saturated rings. The molecule has 1 atom stereocenters. The average Bonchev–Trinajstić information content (AvgIpc) is 3.04. The molecule has 45 heavy (non-hydrogen) atoms. The molecule has 0 bridgehead atoms. The van der Waals surface area contributed by atoms with E-state index in [1.807, 2.05) is 0 Å². The van der Waals surface area contributed by atoms with E-state index in [1.165, 1.54) is 154 Å². The lowest BCUT2D eigenvalue weighted by Crippen LogP contribution is -2.29. The number of unbranched alkanes of at least 4 members (excludes halogenated alkanes) is 19. The summed E-state index contributed by atoms with van der Waals surface area (Å²) in [7, 11) is 0. The minimum Gasteiger partial charge on any atom is -0.462 e. The van der Waals surface area contributed by atoms with Crippen molar-refractivity contribution in [3.63, 3.8) is 0 Å². The van der Waals surface area contributed by atoms with Crippen LogP contribution in [-0.2, 0) is 9.53 Å². The van der Waals surface area contributed by atoms with E-state index in [-0.39, 0.29) is 18.7 Å². The normalized spacial score (nSPS) is 12.4. The molecule has 0 aromatic rings. The van der Waals surface area contributed by atoms with E-state index < -0.39 is 0 Å². The van der Waals surface area contributed by atoms with Crippen LogP contribution in [0.2, 0.25) is 0 Å². The highest BCUT2D eigenvalue weighted by Gasteiger charge is 2.13. The Kier molecular flexibility index (Phi) is 35.7. The lowest BCUT2D eigenvalue weighted by atomic mass is 9.89. The summed E-state index contributed by atoms with van der Waals surface area (Å²) in [6.07, 6.45) is 38.5. The summed E-state index contributed by atoms with van der Waals surface area (Å²) in [6, 6.07) is 0. The van der Waals surface area contributed by atoms with Crippen molar-refractivity contribution in [3.05, 3.63) is 0 Å². The highest BCUT2D eigenvalue weighted by molar-refractivity contribution is 5.69. The van der Waals surface area contributed by atoms with Gasteiger partial charge in [-0.2, -0.15) is 0 Å². The maximum atomic E-state index is 12.4. The van der Waals surface area contributed by atoms with Crippen LogP contribution in [0.5, 0.6) is 0 Å². The van der Waals surface area contributed by atoms with Crippen molar-refractivity contribution >= 4 is 5.97 Å². The van der Waals surface area contributed by atoms with Gasteiger partial charge in [-0.1, -0.05) is 175 Å². The number of aliphatic hydroxyl groups is 1. The Hall–Kier alpha value is -0.610. The Morgan fingerprint density at radius 1 is 0.511 bits per heavy atom. The fourth-order valence-electron chi connectivity index (χ4n) is 6.81. The summed E-state index contributed by atoms with van der Waals surface area (Å²) in [4.78, 5) is 14.8. The van der Waals surface area contributed by atoms with Crippen LogP contribution in [0, 0.1) is 5.92 Å². The molecule has 0 rings (SSSR count). The lowest BCUT2D eigenvalue weighted by molar-refractivity contribution is -0.149. The summed E-state index contributed by atoms with van der Waals surface area (Å²) in [6.45, 7) is 12.1. The summed E-state index contributed by atoms with van der Waals surface area (Å²) in [5.74, 6) is 0.928. The summed E-state index contributed by atoms with van der Waals surface area (Å²) in [5.41, 5.74) is 0. The molecule has 4 nitrogen and oxygen atoms in total. The first-order chi connectivity index (χ1) is 22.1. The van der Waals surface area contributed by atoms with Crippen LogP contribution in [0.3, 0.4) is 0 Å². The maximum Gasteiger partial charge on any atom is 0.306 e. The Morgan fingerprint density at radius 3 is 1.36 bits per heavy atom. The minimum absolute atomic E-state index is 0.00802. The summed E-state index contributed by atoms with van der Waals surface area (Å²) >= 11 is 0. The van der Waals surface area contributed by atoms with E-state index in [9.17, 15) is 9.90 Å². The van der Waals surface area contributed by atoms with Crippen molar-refractivity contribution in [3.8, 4) is 0 Å². The van der Waals surface area contributed by atoms with Gasteiger partial charge < -0.3 is 14.7 Å². The molecule has 0 aliphatic heterocycles. The molecule has 0 radical (unpaired) electrons. The van der Waals surface area contributed by atoms with Gasteiger partial charge in [0.25, 0.3) is 0 Å². The summed E-state index contributed by atoms with van der Waals surface area (Å²) in [5, 5.41) is 9.61. The van der Waals surface area contributed by atoms with Crippen molar-refractivity contribution in [1.29, 1.82) is 0 Å². The van der Waals surface area contributed by atoms with E-state index in [1.54, 1.807) is 0 Å². The number of hydrogen-bond acceptors (Lipinski definition) is 4. The number of aliphatic hydroxyl groups excluding tert-OH is 1. The molecule has 1 unspecified atom stereocenters. The van der Waals surface area contributed by atoms with Crippen LogP contribution < -0.4 is 0 Å². The van der Waals surface area contributed by atoms with Gasteiger partial charge in [0, 0.05) is 13.0 Å². The Morgan fingerprint density at radius 2 is 0.911 bits per heavy atom. The fraction of sp³-hybridized carbons (Fsp3) is 0.976. The molecule has 270 valence electrons. The van der Waals surface area contributed by atoms with Crippen molar-refractivity contribution in [2.75, 3.05) is 26.2 Å².